The quantitative estimate of drug-likeness (QED) is 0.360. The minimum absolute atomic E-state index is 0. The zero-order valence-electron chi connectivity index (χ0n) is 15.2. The van der Waals surface area contributed by atoms with Crippen molar-refractivity contribution in [2.45, 2.75) is 46.9 Å². The SMILES string of the molecule is CCNC(=NCc1ccc(OC(C)C)cc1)NCc1ncc(C)s1.I. The van der Waals surface area contributed by atoms with Crippen LogP contribution in [-0.2, 0) is 13.1 Å². The third kappa shape index (κ3) is 8.04. The first kappa shape index (κ1) is 21.7. The molecule has 25 heavy (non-hydrogen) atoms. The predicted molar refractivity (Wildman–Crippen MR) is 116 cm³/mol. The number of aliphatic imine (C=N–C) groups is 1. The Morgan fingerprint density at radius 2 is 1.96 bits per heavy atom. The molecule has 0 aliphatic heterocycles. The van der Waals surface area contributed by atoms with Gasteiger partial charge in [-0.25, -0.2) is 9.98 Å². The molecule has 7 heteroatoms. The highest BCUT2D eigenvalue weighted by molar-refractivity contribution is 14.0. The van der Waals surface area contributed by atoms with E-state index in [4.69, 9.17) is 4.74 Å². The molecule has 0 aliphatic carbocycles. The van der Waals surface area contributed by atoms with Crippen molar-refractivity contribution in [3.05, 3.63) is 45.9 Å². The Morgan fingerprint density at radius 3 is 2.52 bits per heavy atom. The lowest BCUT2D eigenvalue weighted by Crippen LogP contribution is -2.36. The maximum atomic E-state index is 5.66. The number of aromatic nitrogens is 1. The van der Waals surface area contributed by atoms with Gasteiger partial charge in [-0.3, -0.25) is 0 Å². The van der Waals surface area contributed by atoms with E-state index >= 15 is 0 Å². The molecule has 0 saturated heterocycles. The largest absolute Gasteiger partial charge is 0.491 e. The summed E-state index contributed by atoms with van der Waals surface area (Å²) in [5.74, 6) is 1.69. The van der Waals surface area contributed by atoms with Crippen molar-refractivity contribution in [3.63, 3.8) is 0 Å². The molecule has 0 radical (unpaired) electrons. The number of thiazole rings is 1. The van der Waals surface area contributed by atoms with Crippen LogP contribution in [0.5, 0.6) is 5.75 Å². The maximum Gasteiger partial charge on any atom is 0.191 e. The topological polar surface area (TPSA) is 58.5 Å². The van der Waals surface area contributed by atoms with Crippen LogP contribution < -0.4 is 15.4 Å². The normalized spacial score (nSPS) is 11.2. The summed E-state index contributed by atoms with van der Waals surface area (Å²) < 4.78 is 5.66. The standard InChI is InChI=1S/C18H26N4OS.HI/c1-5-19-18(22-12-17-20-10-14(4)24-17)21-11-15-6-8-16(9-7-15)23-13(2)3;/h6-10,13H,5,11-12H2,1-4H3,(H2,19,21,22);1H. The Balaban J connectivity index is 0.00000312. The minimum atomic E-state index is 0. The van der Waals surface area contributed by atoms with Crippen molar-refractivity contribution in [2.75, 3.05) is 6.54 Å². The van der Waals surface area contributed by atoms with Crippen LogP contribution in [0.15, 0.2) is 35.5 Å². The lowest BCUT2D eigenvalue weighted by atomic mass is 10.2. The summed E-state index contributed by atoms with van der Waals surface area (Å²) >= 11 is 1.70. The molecule has 0 atom stereocenters. The number of benzene rings is 1. The summed E-state index contributed by atoms with van der Waals surface area (Å²) in [7, 11) is 0. The predicted octanol–water partition coefficient (Wildman–Crippen LogP) is 4.11. The molecule has 2 aromatic rings. The monoisotopic (exact) mass is 474 g/mol. The Bertz CT molecular complexity index is 655. The molecule has 0 fully saturated rings. The van der Waals surface area contributed by atoms with Crippen LogP contribution in [0, 0.1) is 6.92 Å². The molecule has 0 aliphatic rings. The number of nitrogens with one attached hydrogen (secondary N) is 2. The van der Waals surface area contributed by atoms with Gasteiger partial charge in [0, 0.05) is 17.6 Å². The van der Waals surface area contributed by atoms with Gasteiger partial charge in [-0.2, -0.15) is 0 Å². The maximum absolute atomic E-state index is 5.66. The van der Waals surface area contributed by atoms with E-state index < -0.39 is 0 Å². The van der Waals surface area contributed by atoms with Crippen LogP contribution in [-0.4, -0.2) is 23.6 Å². The third-order valence-corrected chi connectivity index (χ3v) is 4.05. The number of hydrogen-bond acceptors (Lipinski definition) is 4. The summed E-state index contributed by atoms with van der Waals surface area (Å²) in [6, 6.07) is 8.08. The molecule has 1 heterocycles. The van der Waals surface area contributed by atoms with Gasteiger partial charge in [0.15, 0.2) is 5.96 Å². The van der Waals surface area contributed by atoms with Crippen molar-refractivity contribution in [3.8, 4) is 5.75 Å². The number of rotatable bonds is 7. The van der Waals surface area contributed by atoms with Crippen molar-refractivity contribution in [1.82, 2.24) is 15.6 Å². The van der Waals surface area contributed by atoms with Crippen LogP contribution in [0.25, 0.3) is 0 Å². The van der Waals surface area contributed by atoms with Crippen molar-refractivity contribution < 1.29 is 4.74 Å². The fourth-order valence-electron chi connectivity index (χ4n) is 2.10. The van der Waals surface area contributed by atoms with Crippen LogP contribution in [0.4, 0.5) is 0 Å². The van der Waals surface area contributed by atoms with Crippen molar-refractivity contribution in [2.24, 2.45) is 4.99 Å². The second-order valence-corrected chi connectivity index (χ2v) is 7.04. The van der Waals surface area contributed by atoms with Gasteiger partial charge < -0.3 is 15.4 Å². The molecule has 0 spiro atoms. The summed E-state index contributed by atoms with van der Waals surface area (Å²) in [5, 5.41) is 7.64. The summed E-state index contributed by atoms with van der Waals surface area (Å²) in [6.07, 6.45) is 2.08. The van der Waals surface area contributed by atoms with Gasteiger partial charge >= 0.3 is 0 Å². The number of hydrogen-bond donors (Lipinski definition) is 2. The van der Waals surface area contributed by atoms with Crippen molar-refractivity contribution in [1.29, 1.82) is 0 Å². The summed E-state index contributed by atoms with van der Waals surface area (Å²) in [6.45, 7) is 10.3. The van der Waals surface area contributed by atoms with E-state index in [1.165, 1.54) is 4.88 Å². The van der Waals surface area contributed by atoms with Gasteiger partial charge in [0.25, 0.3) is 0 Å². The molecule has 0 unspecified atom stereocenters. The molecular weight excluding hydrogens is 447 g/mol. The molecule has 0 bridgehead atoms. The molecule has 2 N–H and O–H groups in total. The minimum Gasteiger partial charge on any atom is -0.491 e. The van der Waals surface area contributed by atoms with Gasteiger partial charge in [-0.15, -0.1) is 35.3 Å². The van der Waals surface area contributed by atoms with Crippen LogP contribution >= 0.6 is 35.3 Å². The van der Waals surface area contributed by atoms with Crippen molar-refractivity contribution >= 4 is 41.3 Å². The third-order valence-electron chi connectivity index (χ3n) is 3.14. The number of ether oxygens (including phenoxy) is 1. The first-order valence-corrected chi connectivity index (χ1v) is 9.07. The summed E-state index contributed by atoms with van der Waals surface area (Å²) in [5.41, 5.74) is 1.15. The molecule has 138 valence electrons. The van der Waals surface area contributed by atoms with Crippen LogP contribution in [0.3, 0.4) is 0 Å². The highest BCUT2D eigenvalue weighted by Gasteiger charge is 2.02. The van der Waals surface area contributed by atoms with Gasteiger partial charge in [-0.05, 0) is 45.4 Å². The zero-order chi connectivity index (χ0) is 17.4. The van der Waals surface area contributed by atoms with Gasteiger partial charge in [0.2, 0.25) is 0 Å². The number of nitrogens with zero attached hydrogens (tertiary/aromatic N) is 2. The second-order valence-electron chi connectivity index (χ2n) is 5.72. The zero-order valence-corrected chi connectivity index (χ0v) is 18.4. The molecule has 0 saturated carbocycles. The van der Waals surface area contributed by atoms with E-state index in [9.17, 15) is 0 Å². The van der Waals surface area contributed by atoms with E-state index in [0.717, 1.165) is 28.8 Å². The fourth-order valence-corrected chi connectivity index (χ4v) is 2.83. The molecule has 1 aromatic heterocycles. The van der Waals surface area contributed by atoms with Gasteiger partial charge in [0.05, 0.1) is 19.2 Å². The van der Waals surface area contributed by atoms with Gasteiger partial charge in [0.1, 0.15) is 10.8 Å². The first-order valence-electron chi connectivity index (χ1n) is 8.26. The van der Waals surface area contributed by atoms with E-state index in [1.54, 1.807) is 11.3 Å². The Morgan fingerprint density at radius 1 is 1.24 bits per heavy atom. The average molecular weight is 474 g/mol. The Hall–Kier alpha value is -1.35. The first-order chi connectivity index (χ1) is 11.6. The fraction of sp³-hybridized carbons (Fsp3) is 0.444. The van der Waals surface area contributed by atoms with E-state index in [-0.39, 0.29) is 30.1 Å². The summed E-state index contributed by atoms with van der Waals surface area (Å²) in [4.78, 5) is 10.2. The molecule has 2 rings (SSSR count). The average Bonchev–Trinajstić information content (AvgIpc) is 2.96. The Labute approximate surface area is 171 Å². The van der Waals surface area contributed by atoms with E-state index in [1.807, 2.05) is 32.2 Å². The van der Waals surface area contributed by atoms with E-state index in [2.05, 4.69) is 46.6 Å². The number of aryl methyl sites for hydroxylation is 1. The molecule has 5 nitrogen and oxygen atoms in total. The number of halogens is 1. The molecular formula is C18H27IN4OS. The molecule has 0 amide bonds. The van der Waals surface area contributed by atoms with Crippen LogP contribution in [0.1, 0.15) is 36.2 Å². The van der Waals surface area contributed by atoms with Gasteiger partial charge in [-0.1, -0.05) is 12.1 Å². The lowest BCUT2D eigenvalue weighted by molar-refractivity contribution is 0.242. The van der Waals surface area contributed by atoms with Crippen LogP contribution in [0.2, 0.25) is 0 Å². The lowest BCUT2D eigenvalue weighted by Gasteiger charge is -2.11. The number of guanidine groups is 1. The second kappa shape index (κ2) is 11.3. The molecule has 1 aromatic carbocycles. The highest BCUT2D eigenvalue weighted by atomic mass is 127. The highest BCUT2D eigenvalue weighted by Crippen LogP contribution is 2.14. The smallest absolute Gasteiger partial charge is 0.191 e. The van der Waals surface area contributed by atoms with E-state index in [0.29, 0.717) is 13.1 Å². The Kier molecular flexibility index (Phi) is 9.81.